The maximum atomic E-state index is 12.3. The van der Waals surface area contributed by atoms with Crippen molar-refractivity contribution < 1.29 is 9.32 Å². The molecule has 2 N–H and O–H groups in total. The van der Waals surface area contributed by atoms with Crippen molar-refractivity contribution in [1.29, 1.82) is 0 Å². The summed E-state index contributed by atoms with van der Waals surface area (Å²) in [4.78, 5) is 16.5. The predicted octanol–water partition coefficient (Wildman–Crippen LogP) is 3.90. The number of aromatic nitrogens is 2. The number of nitrogens with one attached hydrogen (secondary N) is 2. The molecule has 0 aliphatic carbocycles. The first-order chi connectivity index (χ1) is 10.9. The Labute approximate surface area is 144 Å². The van der Waals surface area contributed by atoms with Gasteiger partial charge in [0, 0.05) is 4.47 Å². The lowest BCUT2D eigenvalue weighted by atomic mass is 10.0. The molecule has 2 unspecified atom stereocenters. The van der Waals surface area contributed by atoms with Gasteiger partial charge >= 0.3 is 6.03 Å². The van der Waals surface area contributed by atoms with Crippen molar-refractivity contribution in [2.45, 2.75) is 39.8 Å². The first kappa shape index (κ1) is 17.5. The SMILES string of the molecule is Cc1noc(C(NC(=O)NC(C)c2ccc(Br)cc2)C(C)C)n1. The summed E-state index contributed by atoms with van der Waals surface area (Å²) in [6.07, 6.45) is 0. The lowest BCUT2D eigenvalue weighted by molar-refractivity contribution is 0.222. The number of carbonyl (C=O) groups excluding carboxylic acids is 1. The van der Waals surface area contributed by atoms with Crippen LogP contribution in [0.5, 0.6) is 0 Å². The lowest BCUT2D eigenvalue weighted by Crippen LogP contribution is -2.41. The molecule has 0 radical (unpaired) electrons. The van der Waals surface area contributed by atoms with Crippen LogP contribution >= 0.6 is 15.9 Å². The summed E-state index contributed by atoms with van der Waals surface area (Å²) >= 11 is 3.40. The second-order valence-electron chi connectivity index (χ2n) is 5.79. The van der Waals surface area contributed by atoms with Gasteiger partial charge in [-0.1, -0.05) is 47.1 Å². The third-order valence-corrected chi connectivity index (χ3v) is 4.01. The number of amides is 2. The Morgan fingerprint density at radius 3 is 2.35 bits per heavy atom. The standard InChI is InChI=1S/C16H21BrN4O2/c1-9(2)14(15-19-11(4)21-23-15)20-16(22)18-10(3)12-5-7-13(17)8-6-12/h5-10,14H,1-4H3,(H2,18,20,22). The average molecular weight is 381 g/mol. The Hall–Kier alpha value is -1.89. The zero-order valence-electron chi connectivity index (χ0n) is 13.6. The van der Waals surface area contributed by atoms with Crippen molar-refractivity contribution in [3.63, 3.8) is 0 Å². The van der Waals surface area contributed by atoms with Crippen LogP contribution in [0, 0.1) is 12.8 Å². The smallest absolute Gasteiger partial charge is 0.315 e. The highest BCUT2D eigenvalue weighted by Crippen LogP contribution is 2.20. The van der Waals surface area contributed by atoms with E-state index < -0.39 is 0 Å². The molecule has 1 aromatic heterocycles. The molecule has 2 aromatic rings. The van der Waals surface area contributed by atoms with E-state index in [2.05, 4.69) is 36.7 Å². The third kappa shape index (κ3) is 4.79. The normalized spacial score (nSPS) is 13.7. The first-order valence-corrected chi connectivity index (χ1v) is 8.29. The Morgan fingerprint density at radius 1 is 1.17 bits per heavy atom. The van der Waals surface area contributed by atoms with Crippen LogP contribution in [0.15, 0.2) is 33.3 Å². The molecule has 23 heavy (non-hydrogen) atoms. The summed E-state index contributed by atoms with van der Waals surface area (Å²) in [5.41, 5.74) is 1.03. The maximum absolute atomic E-state index is 12.3. The van der Waals surface area contributed by atoms with Crippen LogP contribution in [0.2, 0.25) is 0 Å². The van der Waals surface area contributed by atoms with Gasteiger partial charge in [0.1, 0.15) is 6.04 Å². The van der Waals surface area contributed by atoms with E-state index in [1.54, 1.807) is 6.92 Å². The van der Waals surface area contributed by atoms with Crippen LogP contribution in [0.4, 0.5) is 4.79 Å². The molecule has 0 aliphatic rings. The van der Waals surface area contributed by atoms with Gasteiger partial charge in [-0.2, -0.15) is 4.98 Å². The number of nitrogens with zero attached hydrogens (tertiary/aromatic N) is 2. The molecule has 2 atom stereocenters. The highest BCUT2D eigenvalue weighted by molar-refractivity contribution is 9.10. The minimum atomic E-state index is -0.326. The molecule has 1 aromatic carbocycles. The molecule has 0 aliphatic heterocycles. The summed E-state index contributed by atoms with van der Waals surface area (Å²) in [5.74, 6) is 1.10. The highest BCUT2D eigenvalue weighted by atomic mass is 79.9. The van der Waals surface area contributed by atoms with E-state index >= 15 is 0 Å². The number of hydrogen-bond donors (Lipinski definition) is 2. The van der Waals surface area contributed by atoms with Crippen molar-refractivity contribution in [2.24, 2.45) is 5.92 Å². The van der Waals surface area contributed by atoms with Crippen LogP contribution in [0.1, 0.15) is 50.1 Å². The van der Waals surface area contributed by atoms with Gasteiger partial charge in [0.25, 0.3) is 0 Å². The zero-order chi connectivity index (χ0) is 17.0. The monoisotopic (exact) mass is 380 g/mol. The molecule has 0 saturated carbocycles. The van der Waals surface area contributed by atoms with Gasteiger partial charge < -0.3 is 15.2 Å². The Kier molecular flexibility index (Phi) is 5.76. The summed E-state index contributed by atoms with van der Waals surface area (Å²) in [5, 5.41) is 9.61. The second kappa shape index (κ2) is 7.59. The first-order valence-electron chi connectivity index (χ1n) is 7.49. The molecule has 124 valence electrons. The van der Waals surface area contributed by atoms with E-state index in [9.17, 15) is 4.79 Å². The van der Waals surface area contributed by atoms with E-state index in [0.29, 0.717) is 11.7 Å². The van der Waals surface area contributed by atoms with Gasteiger partial charge in [0.15, 0.2) is 5.82 Å². The molecule has 0 bridgehead atoms. The maximum Gasteiger partial charge on any atom is 0.315 e. The van der Waals surface area contributed by atoms with E-state index in [1.807, 2.05) is 45.0 Å². The second-order valence-corrected chi connectivity index (χ2v) is 6.71. The van der Waals surface area contributed by atoms with E-state index in [4.69, 9.17) is 4.52 Å². The van der Waals surface area contributed by atoms with Crippen LogP contribution in [0.3, 0.4) is 0 Å². The summed E-state index contributed by atoms with van der Waals surface area (Å²) < 4.78 is 6.19. The molecule has 2 amide bonds. The van der Waals surface area contributed by atoms with Gasteiger partial charge in [0.2, 0.25) is 5.89 Å². The van der Waals surface area contributed by atoms with Gasteiger partial charge in [-0.25, -0.2) is 4.79 Å². The predicted molar refractivity (Wildman–Crippen MR) is 90.8 cm³/mol. The van der Waals surface area contributed by atoms with Crippen molar-refractivity contribution in [3.05, 3.63) is 46.0 Å². The molecule has 1 heterocycles. The highest BCUT2D eigenvalue weighted by Gasteiger charge is 2.24. The molecular weight excluding hydrogens is 360 g/mol. The van der Waals surface area contributed by atoms with Gasteiger partial charge in [0.05, 0.1) is 6.04 Å². The fourth-order valence-corrected chi connectivity index (χ4v) is 2.43. The minimum absolute atomic E-state index is 0.111. The van der Waals surface area contributed by atoms with Crippen LogP contribution < -0.4 is 10.6 Å². The van der Waals surface area contributed by atoms with Gasteiger partial charge in [-0.3, -0.25) is 0 Å². The topological polar surface area (TPSA) is 80.0 Å². The largest absolute Gasteiger partial charge is 0.337 e. The van der Waals surface area contributed by atoms with E-state index in [0.717, 1.165) is 10.0 Å². The Balaban J connectivity index is 2.00. The molecule has 7 heteroatoms. The number of carbonyl (C=O) groups is 1. The summed E-state index contributed by atoms with van der Waals surface area (Å²) in [6.45, 7) is 7.66. The Morgan fingerprint density at radius 2 is 1.83 bits per heavy atom. The quantitative estimate of drug-likeness (QED) is 0.823. The number of hydrogen-bond acceptors (Lipinski definition) is 4. The van der Waals surface area contributed by atoms with Crippen molar-refractivity contribution in [3.8, 4) is 0 Å². The van der Waals surface area contributed by atoms with Gasteiger partial charge in [-0.05, 0) is 37.5 Å². The molecule has 2 rings (SSSR count). The number of rotatable bonds is 5. The molecule has 0 spiro atoms. The number of urea groups is 1. The van der Waals surface area contributed by atoms with Crippen LogP contribution in [-0.2, 0) is 0 Å². The fourth-order valence-electron chi connectivity index (χ4n) is 2.17. The number of benzene rings is 1. The van der Waals surface area contributed by atoms with E-state index in [1.165, 1.54) is 0 Å². The van der Waals surface area contributed by atoms with Crippen molar-refractivity contribution in [1.82, 2.24) is 20.8 Å². The molecule has 0 fully saturated rings. The summed E-state index contributed by atoms with van der Waals surface area (Å²) in [6, 6.07) is 7.13. The number of halogens is 1. The average Bonchev–Trinajstić information content (AvgIpc) is 2.91. The Bertz CT molecular complexity index is 654. The van der Waals surface area contributed by atoms with Gasteiger partial charge in [-0.15, -0.1) is 0 Å². The zero-order valence-corrected chi connectivity index (χ0v) is 15.2. The van der Waals surface area contributed by atoms with Crippen molar-refractivity contribution >= 4 is 22.0 Å². The number of aryl methyl sites for hydroxylation is 1. The molecular formula is C16H21BrN4O2. The fraction of sp³-hybridized carbons (Fsp3) is 0.438. The molecule has 0 saturated heterocycles. The van der Waals surface area contributed by atoms with E-state index in [-0.39, 0.29) is 24.0 Å². The molecule has 6 nitrogen and oxygen atoms in total. The lowest BCUT2D eigenvalue weighted by Gasteiger charge is -2.21. The minimum Gasteiger partial charge on any atom is -0.337 e. The third-order valence-electron chi connectivity index (χ3n) is 3.48. The van der Waals surface area contributed by atoms with Crippen molar-refractivity contribution in [2.75, 3.05) is 0 Å². The summed E-state index contributed by atoms with van der Waals surface area (Å²) in [7, 11) is 0. The van der Waals surface area contributed by atoms with Crippen LogP contribution in [-0.4, -0.2) is 16.2 Å². The van der Waals surface area contributed by atoms with Crippen LogP contribution in [0.25, 0.3) is 0 Å².